The average Bonchev–Trinajstić information content (AvgIpc) is 3.53. The summed E-state index contributed by atoms with van der Waals surface area (Å²) in [6.45, 7) is 5.80. The fourth-order valence-electron chi connectivity index (χ4n) is 4.48. The average molecular weight is 355 g/mol. The molecule has 0 aromatic heterocycles. The highest BCUT2D eigenvalue weighted by atomic mass is 16.2. The van der Waals surface area contributed by atoms with Crippen LogP contribution in [0.1, 0.15) is 44.2 Å². The van der Waals surface area contributed by atoms with E-state index in [0.29, 0.717) is 13.1 Å². The van der Waals surface area contributed by atoms with E-state index < -0.39 is 0 Å². The van der Waals surface area contributed by atoms with Crippen molar-refractivity contribution in [3.63, 3.8) is 0 Å². The summed E-state index contributed by atoms with van der Waals surface area (Å²) < 4.78 is 0. The van der Waals surface area contributed by atoms with Crippen LogP contribution < -0.4 is 0 Å². The summed E-state index contributed by atoms with van der Waals surface area (Å²) in [5.74, 6) is 0.470. The van der Waals surface area contributed by atoms with E-state index in [0.717, 1.165) is 38.5 Å². The topological polar surface area (TPSA) is 43.9 Å². The second-order valence-electron chi connectivity index (χ2n) is 7.96. The Morgan fingerprint density at radius 2 is 1.62 bits per heavy atom. The van der Waals surface area contributed by atoms with Gasteiger partial charge < -0.3 is 9.80 Å². The summed E-state index contributed by atoms with van der Waals surface area (Å²) in [6.07, 6.45) is 4.20. The minimum absolute atomic E-state index is 0.0595. The molecule has 2 heterocycles. The zero-order valence-corrected chi connectivity index (χ0v) is 15.6. The maximum absolute atomic E-state index is 13.3. The van der Waals surface area contributed by atoms with Crippen LogP contribution >= 0.6 is 0 Å². The van der Waals surface area contributed by atoms with Gasteiger partial charge in [0, 0.05) is 51.6 Å². The van der Waals surface area contributed by atoms with Crippen LogP contribution in [0.4, 0.5) is 0 Å². The van der Waals surface area contributed by atoms with E-state index in [9.17, 15) is 9.59 Å². The number of hydrogen-bond acceptors (Lipinski definition) is 3. The van der Waals surface area contributed by atoms with Crippen molar-refractivity contribution in [3.05, 3.63) is 35.9 Å². The van der Waals surface area contributed by atoms with Gasteiger partial charge in [-0.15, -0.1) is 0 Å². The van der Waals surface area contributed by atoms with Crippen LogP contribution in [0, 0.1) is 5.92 Å². The second kappa shape index (κ2) is 7.39. The third-order valence-corrected chi connectivity index (χ3v) is 6.23. The first-order chi connectivity index (χ1) is 12.6. The van der Waals surface area contributed by atoms with Crippen molar-refractivity contribution in [3.8, 4) is 0 Å². The first-order valence-electron chi connectivity index (χ1n) is 9.98. The first-order valence-corrected chi connectivity index (χ1v) is 9.98. The van der Waals surface area contributed by atoms with Crippen LogP contribution in [0.5, 0.6) is 0 Å². The zero-order valence-electron chi connectivity index (χ0n) is 15.6. The number of carbonyl (C=O) groups is 2. The smallest absolute Gasteiger partial charge is 0.226 e. The quantitative estimate of drug-likeness (QED) is 0.836. The molecule has 0 bridgehead atoms. The molecule has 4 rings (SSSR count). The lowest BCUT2D eigenvalue weighted by Gasteiger charge is -2.44. The van der Waals surface area contributed by atoms with E-state index in [4.69, 9.17) is 0 Å². The van der Waals surface area contributed by atoms with E-state index in [1.807, 2.05) is 11.0 Å². The number of nitrogens with zero attached hydrogens (tertiary/aromatic N) is 3. The summed E-state index contributed by atoms with van der Waals surface area (Å²) >= 11 is 0. The first kappa shape index (κ1) is 17.5. The molecule has 5 heteroatoms. The normalized spacial score (nSPS) is 25.3. The number of likely N-dealkylation sites (tertiary alicyclic amines) is 1. The van der Waals surface area contributed by atoms with Crippen molar-refractivity contribution in [2.45, 2.75) is 44.7 Å². The molecule has 5 nitrogen and oxygen atoms in total. The molecular formula is C21H29N3O2. The molecule has 3 aliphatic rings. The monoisotopic (exact) mass is 355 g/mol. The Kier molecular flexibility index (Phi) is 4.98. The molecule has 1 unspecified atom stereocenters. The number of hydrogen-bond donors (Lipinski definition) is 0. The van der Waals surface area contributed by atoms with Crippen LogP contribution in [0.25, 0.3) is 0 Å². The van der Waals surface area contributed by atoms with Crippen molar-refractivity contribution in [2.75, 3.05) is 32.7 Å². The lowest BCUT2D eigenvalue weighted by atomic mass is 9.92. The third kappa shape index (κ3) is 3.63. The Morgan fingerprint density at radius 3 is 2.23 bits per heavy atom. The SMILES string of the molecule is CC(=O)N1CCC(C(=O)N2CCN(C3CC3)CC2c2ccccc2)CC1. The molecule has 0 spiro atoms. The van der Waals surface area contributed by atoms with Crippen molar-refractivity contribution < 1.29 is 9.59 Å². The van der Waals surface area contributed by atoms with E-state index in [-0.39, 0.29) is 23.8 Å². The van der Waals surface area contributed by atoms with Gasteiger partial charge in [-0.05, 0) is 31.2 Å². The molecular weight excluding hydrogens is 326 g/mol. The summed E-state index contributed by atoms with van der Waals surface area (Å²) in [4.78, 5) is 31.4. The molecule has 2 aliphatic heterocycles. The predicted molar refractivity (Wildman–Crippen MR) is 100 cm³/mol. The van der Waals surface area contributed by atoms with Gasteiger partial charge >= 0.3 is 0 Å². The Hall–Kier alpha value is -1.88. The van der Waals surface area contributed by atoms with E-state index in [1.54, 1.807) is 6.92 Å². The maximum atomic E-state index is 13.3. The fraction of sp³-hybridized carbons (Fsp3) is 0.619. The van der Waals surface area contributed by atoms with Gasteiger partial charge in [-0.3, -0.25) is 14.5 Å². The van der Waals surface area contributed by atoms with E-state index in [2.05, 4.69) is 34.1 Å². The number of piperazine rings is 1. The van der Waals surface area contributed by atoms with E-state index >= 15 is 0 Å². The molecule has 140 valence electrons. The van der Waals surface area contributed by atoms with Gasteiger partial charge in [0.25, 0.3) is 0 Å². The van der Waals surface area contributed by atoms with Gasteiger partial charge in [0.2, 0.25) is 11.8 Å². The number of benzene rings is 1. The van der Waals surface area contributed by atoms with Crippen molar-refractivity contribution in [1.82, 2.24) is 14.7 Å². The fourth-order valence-corrected chi connectivity index (χ4v) is 4.48. The van der Waals surface area contributed by atoms with Crippen LogP contribution in [-0.2, 0) is 9.59 Å². The number of rotatable bonds is 3. The molecule has 1 saturated carbocycles. The van der Waals surface area contributed by atoms with Gasteiger partial charge in [0.1, 0.15) is 0 Å². The Morgan fingerprint density at radius 1 is 0.923 bits per heavy atom. The molecule has 1 aromatic rings. The lowest BCUT2D eigenvalue weighted by Crippen LogP contribution is -2.53. The molecule has 2 saturated heterocycles. The number of piperidine rings is 1. The molecule has 3 fully saturated rings. The summed E-state index contributed by atoms with van der Waals surface area (Å²) in [5.41, 5.74) is 1.24. The predicted octanol–water partition coefficient (Wildman–Crippen LogP) is 2.29. The highest BCUT2D eigenvalue weighted by Gasteiger charge is 2.40. The van der Waals surface area contributed by atoms with Crippen LogP contribution in [0.15, 0.2) is 30.3 Å². The molecule has 1 atom stereocenters. The van der Waals surface area contributed by atoms with Crippen LogP contribution in [0.3, 0.4) is 0 Å². The summed E-state index contributed by atoms with van der Waals surface area (Å²) in [6, 6.07) is 11.4. The minimum atomic E-state index is 0.0595. The highest BCUT2D eigenvalue weighted by Crippen LogP contribution is 2.35. The second-order valence-corrected chi connectivity index (χ2v) is 7.96. The third-order valence-electron chi connectivity index (χ3n) is 6.23. The number of carbonyl (C=O) groups excluding carboxylic acids is 2. The molecule has 26 heavy (non-hydrogen) atoms. The highest BCUT2D eigenvalue weighted by molar-refractivity contribution is 5.80. The zero-order chi connectivity index (χ0) is 18.1. The minimum Gasteiger partial charge on any atom is -0.343 e. The molecule has 0 radical (unpaired) electrons. The molecule has 1 aliphatic carbocycles. The lowest BCUT2D eigenvalue weighted by molar-refractivity contribution is -0.144. The van der Waals surface area contributed by atoms with Crippen LogP contribution in [0.2, 0.25) is 0 Å². The Bertz CT molecular complexity index is 650. The summed E-state index contributed by atoms with van der Waals surface area (Å²) in [7, 11) is 0. The molecule has 2 amide bonds. The molecule has 1 aromatic carbocycles. The maximum Gasteiger partial charge on any atom is 0.226 e. The Labute approximate surface area is 155 Å². The molecule has 0 N–H and O–H groups in total. The van der Waals surface area contributed by atoms with Gasteiger partial charge in [-0.25, -0.2) is 0 Å². The van der Waals surface area contributed by atoms with E-state index in [1.165, 1.54) is 18.4 Å². The van der Waals surface area contributed by atoms with Crippen molar-refractivity contribution in [1.29, 1.82) is 0 Å². The van der Waals surface area contributed by atoms with Gasteiger partial charge in [0.05, 0.1) is 6.04 Å². The van der Waals surface area contributed by atoms with Gasteiger partial charge in [-0.1, -0.05) is 30.3 Å². The summed E-state index contributed by atoms with van der Waals surface area (Å²) in [5, 5.41) is 0. The standard InChI is InChI=1S/C21H29N3O2/c1-16(25)22-11-9-18(10-12-22)21(26)24-14-13-23(19-7-8-19)15-20(24)17-5-3-2-4-6-17/h2-6,18-20H,7-15H2,1H3. The van der Waals surface area contributed by atoms with Crippen molar-refractivity contribution >= 4 is 11.8 Å². The largest absolute Gasteiger partial charge is 0.343 e. The Balaban J connectivity index is 1.48. The van der Waals surface area contributed by atoms with Crippen LogP contribution in [-0.4, -0.2) is 65.3 Å². The van der Waals surface area contributed by atoms with Gasteiger partial charge in [-0.2, -0.15) is 0 Å². The van der Waals surface area contributed by atoms with Crippen molar-refractivity contribution in [2.24, 2.45) is 5.92 Å². The number of amides is 2. The van der Waals surface area contributed by atoms with Gasteiger partial charge in [0.15, 0.2) is 0 Å².